The third-order valence-electron chi connectivity index (χ3n) is 4.61. The first-order chi connectivity index (χ1) is 13.5. The minimum Gasteiger partial charge on any atom is -0.350 e. The summed E-state index contributed by atoms with van der Waals surface area (Å²) >= 11 is 12.2. The van der Waals surface area contributed by atoms with Crippen LogP contribution in [0.15, 0.2) is 42.5 Å². The van der Waals surface area contributed by atoms with Crippen LogP contribution < -0.4 is 5.32 Å². The second kappa shape index (κ2) is 9.64. The summed E-state index contributed by atoms with van der Waals surface area (Å²) in [5.41, 5.74) is 2.41. The summed E-state index contributed by atoms with van der Waals surface area (Å²) in [7, 11) is 0. The average molecular weight is 435 g/mol. The zero-order valence-corrected chi connectivity index (χ0v) is 19.1. The third-order valence-corrected chi connectivity index (χ3v) is 5.34. The van der Waals surface area contributed by atoms with Gasteiger partial charge in [-0.2, -0.15) is 0 Å². The van der Waals surface area contributed by atoms with Crippen LogP contribution in [-0.4, -0.2) is 28.3 Å². The molecule has 0 aromatic heterocycles. The van der Waals surface area contributed by atoms with Gasteiger partial charge in [-0.25, -0.2) is 0 Å². The summed E-state index contributed by atoms with van der Waals surface area (Å²) in [6, 6.07) is 12.4. The molecule has 1 N–H and O–H groups in total. The molecule has 0 bridgehead atoms. The Morgan fingerprint density at radius 1 is 1.07 bits per heavy atom. The van der Waals surface area contributed by atoms with Gasteiger partial charge in [-0.05, 0) is 63.4 Å². The van der Waals surface area contributed by atoms with Crippen molar-refractivity contribution in [3.8, 4) is 0 Å². The number of hydrogen-bond acceptors (Lipinski definition) is 2. The van der Waals surface area contributed by atoms with Crippen molar-refractivity contribution in [1.29, 1.82) is 0 Å². The van der Waals surface area contributed by atoms with Crippen LogP contribution in [0.3, 0.4) is 0 Å². The smallest absolute Gasteiger partial charge is 0.242 e. The monoisotopic (exact) mass is 434 g/mol. The highest BCUT2D eigenvalue weighted by Gasteiger charge is 2.28. The van der Waals surface area contributed by atoms with Crippen molar-refractivity contribution in [3.05, 3.63) is 69.2 Å². The van der Waals surface area contributed by atoms with Crippen molar-refractivity contribution < 1.29 is 9.59 Å². The molecule has 0 radical (unpaired) electrons. The van der Waals surface area contributed by atoms with Gasteiger partial charge in [-0.15, -0.1) is 0 Å². The lowest BCUT2D eigenvalue weighted by molar-refractivity contribution is -0.140. The quantitative estimate of drug-likeness (QED) is 0.680. The van der Waals surface area contributed by atoms with Gasteiger partial charge in [-0.3, -0.25) is 9.59 Å². The van der Waals surface area contributed by atoms with E-state index in [9.17, 15) is 9.59 Å². The van der Waals surface area contributed by atoms with Gasteiger partial charge in [0.25, 0.3) is 0 Å². The second-order valence-electron chi connectivity index (χ2n) is 8.29. The molecule has 156 valence electrons. The van der Waals surface area contributed by atoms with E-state index >= 15 is 0 Å². The molecule has 0 unspecified atom stereocenters. The second-order valence-corrected chi connectivity index (χ2v) is 9.10. The van der Waals surface area contributed by atoms with Gasteiger partial charge in [0, 0.05) is 12.1 Å². The van der Waals surface area contributed by atoms with E-state index in [-0.39, 0.29) is 30.3 Å². The van der Waals surface area contributed by atoms with Crippen molar-refractivity contribution in [2.24, 2.45) is 0 Å². The van der Waals surface area contributed by atoms with Crippen molar-refractivity contribution in [2.45, 2.75) is 59.2 Å². The van der Waals surface area contributed by atoms with Gasteiger partial charge < -0.3 is 10.2 Å². The number of aryl methyl sites for hydroxylation is 1. The SMILES string of the molecule is Cc1ccccc1CC(=O)N(Cc1ccc(Cl)c(Cl)c1)[C@@H](C)C(=O)NC(C)(C)C. The van der Waals surface area contributed by atoms with E-state index < -0.39 is 6.04 Å². The van der Waals surface area contributed by atoms with Crippen LogP contribution in [0, 0.1) is 6.92 Å². The largest absolute Gasteiger partial charge is 0.350 e. The Labute approximate surface area is 183 Å². The molecule has 6 heteroatoms. The van der Waals surface area contributed by atoms with Crippen LogP contribution in [0.1, 0.15) is 44.4 Å². The van der Waals surface area contributed by atoms with E-state index in [0.29, 0.717) is 10.0 Å². The third kappa shape index (κ3) is 6.76. The Bertz CT molecular complexity index is 891. The van der Waals surface area contributed by atoms with Crippen molar-refractivity contribution in [3.63, 3.8) is 0 Å². The van der Waals surface area contributed by atoms with Gasteiger partial charge in [0.05, 0.1) is 16.5 Å². The van der Waals surface area contributed by atoms with Gasteiger partial charge in [0.1, 0.15) is 6.04 Å². The van der Waals surface area contributed by atoms with E-state index in [1.165, 1.54) is 0 Å². The molecule has 1 atom stereocenters. The number of hydrogen-bond donors (Lipinski definition) is 1. The Morgan fingerprint density at radius 2 is 1.72 bits per heavy atom. The molecule has 2 rings (SSSR count). The Balaban J connectivity index is 2.30. The summed E-state index contributed by atoms with van der Waals surface area (Å²) in [5.74, 6) is -0.322. The Hall–Kier alpha value is -2.04. The van der Waals surface area contributed by atoms with Crippen molar-refractivity contribution in [1.82, 2.24) is 10.2 Å². The zero-order valence-electron chi connectivity index (χ0n) is 17.6. The minimum absolute atomic E-state index is 0.123. The van der Waals surface area contributed by atoms with Crippen LogP contribution in [0.25, 0.3) is 0 Å². The number of rotatable bonds is 6. The molecule has 0 saturated carbocycles. The van der Waals surface area contributed by atoms with Crippen LogP contribution in [0.5, 0.6) is 0 Å². The summed E-state index contributed by atoms with van der Waals surface area (Å²) in [4.78, 5) is 27.6. The van der Waals surface area contributed by atoms with E-state index in [0.717, 1.165) is 16.7 Å². The lowest BCUT2D eigenvalue weighted by Gasteiger charge is -2.31. The summed E-state index contributed by atoms with van der Waals surface area (Å²) in [6.45, 7) is 9.72. The van der Waals surface area contributed by atoms with Crippen molar-refractivity contribution >= 4 is 35.0 Å². The highest BCUT2D eigenvalue weighted by atomic mass is 35.5. The number of carbonyl (C=O) groups is 2. The molecule has 0 aliphatic carbocycles. The van der Waals surface area contributed by atoms with Crippen LogP contribution in [-0.2, 0) is 22.6 Å². The summed E-state index contributed by atoms with van der Waals surface area (Å²) < 4.78 is 0. The Morgan fingerprint density at radius 3 is 2.31 bits per heavy atom. The molecule has 2 aromatic rings. The molecule has 0 aliphatic heterocycles. The van der Waals surface area contributed by atoms with Crippen LogP contribution >= 0.6 is 23.2 Å². The maximum atomic E-state index is 13.2. The van der Waals surface area contributed by atoms with E-state index in [1.54, 1.807) is 24.0 Å². The van der Waals surface area contributed by atoms with E-state index in [2.05, 4.69) is 5.32 Å². The maximum Gasteiger partial charge on any atom is 0.242 e. The van der Waals surface area contributed by atoms with Gasteiger partial charge in [0.15, 0.2) is 0 Å². The molecule has 4 nitrogen and oxygen atoms in total. The molecule has 0 spiro atoms. The highest BCUT2D eigenvalue weighted by Crippen LogP contribution is 2.24. The van der Waals surface area contributed by atoms with E-state index in [4.69, 9.17) is 23.2 Å². The first-order valence-electron chi connectivity index (χ1n) is 9.58. The fourth-order valence-corrected chi connectivity index (χ4v) is 3.28. The predicted molar refractivity (Wildman–Crippen MR) is 119 cm³/mol. The number of amides is 2. The number of nitrogens with one attached hydrogen (secondary N) is 1. The number of nitrogens with zero attached hydrogens (tertiary/aromatic N) is 1. The van der Waals surface area contributed by atoms with Crippen LogP contribution in [0.4, 0.5) is 0 Å². The summed E-state index contributed by atoms with van der Waals surface area (Å²) in [5, 5.41) is 3.83. The van der Waals surface area contributed by atoms with Gasteiger partial charge in [-0.1, -0.05) is 53.5 Å². The lowest BCUT2D eigenvalue weighted by Crippen LogP contribution is -2.52. The standard InChI is InChI=1S/C23H28Cl2N2O2/c1-15-8-6-7-9-18(15)13-21(28)27(16(2)22(29)26-23(3,4)5)14-17-10-11-19(24)20(25)12-17/h6-12,16H,13-14H2,1-5H3,(H,26,29)/t16-/m0/s1. The predicted octanol–water partition coefficient (Wildman–Crippen LogP) is 5.18. The molecule has 2 aromatic carbocycles. The summed E-state index contributed by atoms with van der Waals surface area (Å²) in [6.07, 6.45) is 0.223. The lowest BCUT2D eigenvalue weighted by atomic mass is 10.0. The zero-order chi connectivity index (χ0) is 21.8. The van der Waals surface area contributed by atoms with Gasteiger partial charge in [0.2, 0.25) is 11.8 Å². The molecular formula is C23H28Cl2N2O2. The molecule has 0 heterocycles. The molecule has 29 heavy (non-hydrogen) atoms. The topological polar surface area (TPSA) is 49.4 Å². The number of carbonyl (C=O) groups excluding carboxylic acids is 2. The van der Waals surface area contributed by atoms with Crippen molar-refractivity contribution in [2.75, 3.05) is 0 Å². The molecule has 0 fully saturated rings. The minimum atomic E-state index is -0.639. The molecule has 2 amide bonds. The molecule has 0 aliphatic rings. The normalized spacial score (nSPS) is 12.4. The molecule has 0 saturated heterocycles. The Kier molecular flexibility index (Phi) is 7.73. The average Bonchev–Trinajstić information content (AvgIpc) is 2.62. The molecular weight excluding hydrogens is 407 g/mol. The highest BCUT2D eigenvalue weighted by molar-refractivity contribution is 6.42. The van der Waals surface area contributed by atoms with Crippen LogP contribution in [0.2, 0.25) is 10.0 Å². The first kappa shape index (κ1) is 23.2. The maximum absolute atomic E-state index is 13.2. The van der Waals surface area contributed by atoms with E-state index in [1.807, 2.05) is 58.0 Å². The number of halogens is 2. The van der Waals surface area contributed by atoms with Gasteiger partial charge >= 0.3 is 0 Å². The first-order valence-corrected chi connectivity index (χ1v) is 10.3. The fourth-order valence-electron chi connectivity index (χ4n) is 2.96. The number of benzene rings is 2. The fraction of sp³-hybridized carbons (Fsp3) is 0.391.